The second kappa shape index (κ2) is 5.04. The van der Waals surface area contributed by atoms with E-state index in [9.17, 15) is 0 Å². The molecule has 0 saturated heterocycles. The normalized spacial score (nSPS) is 13.0. The van der Waals surface area contributed by atoms with E-state index in [0.29, 0.717) is 0 Å². The van der Waals surface area contributed by atoms with E-state index in [4.69, 9.17) is 4.42 Å². The number of rotatable bonds is 3. The molecule has 0 amide bonds. The van der Waals surface area contributed by atoms with Gasteiger partial charge in [-0.3, -0.25) is 0 Å². The highest BCUT2D eigenvalue weighted by atomic mass is 79.9. The summed E-state index contributed by atoms with van der Waals surface area (Å²) in [6.45, 7) is 1.95. The minimum atomic E-state index is 0.0885. The summed E-state index contributed by atoms with van der Waals surface area (Å²) in [5.41, 5.74) is 1.19. The molecule has 86 valence electrons. The molecule has 2 rings (SSSR count). The van der Waals surface area contributed by atoms with Crippen molar-refractivity contribution in [1.82, 2.24) is 5.32 Å². The summed E-state index contributed by atoms with van der Waals surface area (Å²) >= 11 is 8.72. The van der Waals surface area contributed by atoms with Gasteiger partial charge in [-0.1, -0.05) is 0 Å². The summed E-state index contributed by atoms with van der Waals surface area (Å²) in [4.78, 5) is 0. The van der Waals surface area contributed by atoms with Gasteiger partial charge in [0.1, 0.15) is 11.5 Å². The molecular formula is C11H11Br2NOS. The van der Waals surface area contributed by atoms with Crippen molar-refractivity contribution >= 4 is 43.2 Å². The molecule has 0 aromatic carbocycles. The molecule has 0 aliphatic rings. The van der Waals surface area contributed by atoms with Crippen molar-refractivity contribution in [1.29, 1.82) is 0 Å². The molecule has 0 aliphatic heterocycles. The standard InChI is InChI=1S/C11H11Br2NOS/c1-6-3-4-8(15-6)10(14-2)7-5-9(12)16-11(7)13/h3-5,10,14H,1-2H3. The maximum absolute atomic E-state index is 5.66. The SMILES string of the molecule is CNC(c1ccc(C)o1)c1cc(Br)sc1Br. The van der Waals surface area contributed by atoms with Gasteiger partial charge in [0.25, 0.3) is 0 Å². The molecule has 0 saturated carbocycles. The molecule has 1 unspecified atom stereocenters. The Labute approximate surface area is 115 Å². The van der Waals surface area contributed by atoms with Crippen molar-refractivity contribution < 1.29 is 4.42 Å². The van der Waals surface area contributed by atoms with Crippen LogP contribution in [0.25, 0.3) is 0 Å². The van der Waals surface area contributed by atoms with E-state index in [1.807, 2.05) is 26.1 Å². The zero-order valence-corrected chi connectivity index (χ0v) is 12.9. The van der Waals surface area contributed by atoms with Crippen molar-refractivity contribution in [3.8, 4) is 0 Å². The van der Waals surface area contributed by atoms with E-state index in [0.717, 1.165) is 19.1 Å². The molecule has 2 aromatic rings. The van der Waals surface area contributed by atoms with E-state index in [1.165, 1.54) is 5.56 Å². The van der Waals surface area contributed by atoms with Crippen LogP contribution in [0.15, 0.2) is 30.2 Å². The highest BCUT2D eigenvalue weighted by molar-refractivity contribution is 9.12. The summed E-state index contributed by atoms with van der Waals surface area (Å²) in [6, 6.07) is 6.18. The Morgan fingerprint density at radius 2 is 2.12 bits per heavy atom. The lowest BCUT2D eigenvalue weighted by molar-refractivity contribution is 0.444. The summed E-state index contributed by atoms with van der Waals surface area (Å²) in [5, 5.41) is 3.26. The van der Waals surface area contributed by atoms with Crippen LogP contribution in [0.1, 0.15) is 23.1 Å². The first-order valence-electron chi connectivity index (χ1n) is 4.80. The molecule has 0 radical (unpaired) electrons. The van der Waals surface area contributed by atoms with Crippen LogP contribution in [0.4, 0.5) is 0 Å². The Bertz CT molecular complexity index is 492. The molecule has 16 heavy (non-hydrogen) atoms. The lowest BCUT2D eigenvalue weighted by Gasteiger charge is -2.12. The largest absolute Gasteiger partial charge is 0.464 e. The topological polar surface area (TPSA) is 25.2 Å². The van der Waals surface area contributed by atoms with E-state index in [1.54, 1.807) is 11.3 Å². The van der Waals surface area contributed by atoms with E-state index in [-0.39, 0.29) is 6.04 Å². The Morgan fingerprint density at radius 1 is 1.38 bits per heavy atom. The minimum absolute atomic E-state index is 0.0885. The number of furan rings is 1. The predicted octanol–water partition coefficient (Wildman–Crippen LogP) is 4.48. The molecule has 5 heteroatoms. The van der Waals surface area contributed by atoms with E-state index >= 15 is 0 Å². The summed E-state index contributed by atoms with van der Waals surface area (Å²) < 4.78 is 7.89. The minimum Gasteiger partial charge on any atom is -0.464 e. The fourth-order valence-corrected chi connectivity index (χ4v) is 4.51. The van der Waals surface area contributed by atoms with Crippen LogP contribution >= 0.6 is 43.2 Å². The van der Waals surface area contributed by atoms with Crippen LogP contribution in [0, 0.1) is 6.92 Å². The summed E-state index contributed by atoms with van der Waals surface area (Å²) in [6.07, 6.45) is 0. The fraction of sp³-hybridized carbons (Fsp3) is 0.273. The van der Waals surface area contributed by atoms with Gasteiger partial charge in [-0.2, -0.15) is 0 Å². The van der Waals surface area contributed by atoms with Crippen molar-refractivity contribution in [2.45, 2.75) is 13.0 Å². The first-order chi connectivity index (χ1) is 7.61. The second-order valence-electron chi connectivity index (χ2n) is 3.45. The Morgan fingerprint density at radius 3 is 2.56 bits per heavy atom. The number of halogens is 2. The van der Waals surface area contributed by atoms with E-state index < -0.39 is 0 Å². The van der Waals surface area contributed by atoms with Gasteiger partial charge >= 0.3 is 0 Å². The van der Waals surface area contributed by atoms with Gasteiger partial charge in [0.05, 0.1) is 13.6 Å². The van der Waals surface area contributed by atoms with Crippen LogP contribution in [0.5, 0.6) is 0 Å². The molecular weight excluding hydrogens is 354 g/mol. The zero-order valence-electron chi connectivity index (χ0n) is 8.88. The smallest absolute Gasteiger partial charge is 0.125 e. The number of nitrogens with one attached hydrogen (secondary N) is 1. The number of aryl methyl sites for hydroxylation is 1. The Balaban J connectivity index is 2.40. The van der Waals surface area contributed by atoms with Crippen LogP contribution < -0.4 is 5.32 Å². The van der Waals surface area contributed by atoms with Gasteiger partial charge in [0, 0.05) is 5.56 Å². The second-order valence-corrected chi connectivity index (χ2v) is 7.20. The zero-order chi connectivity index (χ0) is 11.7. The van der Waals surface area contributed by atoms with Gasteiger partial charge < -0.3 is 9.73 Å². The number of hydrogen-bond acceptors (Lipinski definition) is 3. The molecule has 1 atom stereocenters. The molecule has 1 N–H and O–H groups in total. The lowest BCUT2D eigenvalue weighted by Crippen LogP contribution is -2.16. The van der Waals surface area contributed by atoms with Gasteiger partial charge in [-0.25, -0.2) is 0 Å². The highest BCUT2D eigenvalue weighted by Gasteiger charge is 2.20. The number of thiophene rings is 1. The molecule has 0 aliphatic carbocycles. The first kappa shape index (κ1) is 12.4. The van der Waals surface area contributed by atoms with Gasteiger partial charge in [-0.05, 0) is 64.0 Å². The fourth-order valence-electron chi connectivity index (χ4n) is 1.61. The van der Waals surface area contributed by atoms with Crippen molar-refractivity contribution in [2.24, 2.45) is 0 Å². The third-order valence-corrected chi connectivity index (χ3v) is 4.71. The third-order valence-electron chi connectivity index (χ3n) is 2.33. The monoisotopic (exact) mass is 363 g/mol. The average molecular weight is 365 g/mol. The van der Waals surface area contributed by atoms with Crippen LogP contribution in [0.2, 0.25) is 0 Å². The van der Waals surface area contributed by atoms with E-state index in [2.05, 4.69) is 43.2 Å². The maximum atomic E-state index is 5.66. The quantitative estimate of drug-likeness (QED) is 0.868. The summed E-state index contributed by atoms with van der Waals surface area (Å²) in [5.74, 6) is 1.87. The molecule has 2 nitrogen and oxygen atoms in total. The number of hydrogen-bond donors (Lipinski definition) is 1. The maximum Gasteiger partial charge on any atom is 0.125 e. The lowest BCUT2D eigenvalue weighted by atomic mass is 10.1. The molecule has 0 fully saturated rings. The van der Waals surface area contributed by atoms with Crippen LogP contribution in [-0.4, -0.2) is 7.05 Å². The first-order valence-corrected chi connectivity index (χ1v) is 7.20. The van der Waals surface area contributed by atoms with Crippen molar-refractivity contribution in [2.75, 3.05) is 7.05 Å². The van der Waals surface area contributed by atoms with Crippen molar-refractivity contribution in [3.63, 3.8) is 0 Å². The van der Waals surface area contributed by atoms with Crippen LogP contribution in [0.3, 0.4) is 0 Å². The third kappa shape index (κ3) is 2.42. The molecule has 2 heterocycles. The van der Waals surface area contributed by atoms with Gasteiger partial charge in [-0.15, -0.1) is 11.3 Å². The van der Waals surface area contributed by atoms with Gasteiger partial charge in [0.2, 0.25) is 0 Å². The average Bonchev–Trinajstić information content (AvgIpc) is 2.76. The van der Waals surface area contributed by atoms with Crippen LogP contribution in [-0.2, 0) is 0 Å². The summed E-state index contributed by atoms with van der Waals surface area (Å²) in [7, 11) is 1.93. The molecule has 2 aromatic heterocycles. The predicted molar refractivity (Wildman–Crippen MR) is 74.1 cm³/mol. The Kier molecular flexibility index (Phi) is 3.89. The van der Waals surface area contributed by atoms with Gasteiger partial charge in [0.15, 0.2) is 0 Å². The molecule has 0 spiro atoms. The molecule has 0 bridgehead atoms. The Hall–Kier alpha value is -0.100. The van der Waals surface area contributed by atoms with Crippen molar-refractivity contribution in [3.05, 3.63) is 42.9 Å². The highest BCUT2D eigenvalue weighted by Crippen LogP contribution is 2.37.